The molecular weight excluding hydrogens is 252 g/mol. The Morgan fingerprint density at radius 3 is 2.72 bits per heavy atom. The molecule has 18 heavy (non-hydrogen) atoms. The lowest BCUT2D eigenvalue weighted by molar-refractivity contribution is 0.0944. The van der Waals surface area contributed by atoms with Crippen molar-refractivity contribution in [1.82, 2.24) is 10.3 Å². The smallest absolute Gasteiger partial charge is 0.253 e. The van der Waals surface area contributed by atoms with E-state index in [-0.39, 0.29) is 29.4 Å². The van der Waals surface area contributed by atoms with Crippen LogP contribution in [-0.2, 0) is 9.84 Å². The highest BCUT2D eigenvalue weighted by Crippen LogP contribution is 2.36. The van der Waals surface area contributed by atoms with Gasteiger partial charge in [-0.1, -0.05) is 0 Å². The Morgan fingerprint density at radius 1 is 1.28 bits per heavy atom. The van der Waals surface area contributed by atoms with E-state index in [4.69, 9.17) is 0 Å². The van der Waals surface area contributed by atoms with E-state index in [1.807, 2.05) is 6.07 Å². The minimum Gasteiger partial charge on any atom is -0.345 e. The molecule has 6 heteroatoms. The van der Waals surface area contributed by atoms with Gasteiger partial charge in [0, 0.05) is 12.4 Å². The van der Waals surface area contributed by atoms with Crippen molar-refractivity contribution in [2.24, 2.45) is 5.92 Å². The molecule has 0 radical (unpaired) electrons. The van der Waals surface area contributed by atoms with Crippen molar-refractivity contribution >= 4 is 15.7 Å². The summed E-state index contributed by atoms with van der Waals surface area (Å²) in [5.74, 6) is 0.562. The molecule has 0 spiro atoms. The van der Waals surface area contributed by atoms with E-state index in [1.165, 1.54) is 0 Å². The van der Waals surface area contributed by atoms with Gasteiger partial charge in [0.05, 0.1) is 23.1 Å². The number of nitrogens with zero attached hydrogens (tertiary/aromatic N) is 1. The van der Waals surface area contributed by atoms with Gasteiger partial charge in [0.2, 0.25) is 0 Å². The van der Waals surface area contributed by atoms with Crippen LogP contribution in [0, 0.1) is 5.92 Å². The topological polar surface area (TPSA) is 76.1 Å². The van der Waals surface area contributed by atoms with Crippen molar-refractivity contribution < 1.29 is 13.2 Å². The molecule has 1 aromatic heterocycles. The number of hydrogen-bond acceptors (Lipinski definition) is 4. The van der Waals surface area contributed by atoms with Gasteiger partial charge >= 0.3 is 0 Å². The van der Waals surface area contributed by atoms with Crippen LogP contribution in [0.15, 0.2) is 18.5 Å². The summed E-state index contributed by atoms with van der Waals surface area (Å²) in [7, 11) is -2.86. The SMILES string of the molecule is O=C1NC(C2CCS(=O)(=O)CC2)c2ccncc21. The number of rotatable bonds is 1. The molecule has 1 N–H and O–H groups in total. The maximum atomic E-state index is 11.8. The van der Waals surface area contributed by atoms with Gasteiger partial charge in [0.1, 0.15) is 9.84 Å². The van der Waals surface area contributed by atoms with Crippen molar-refractivity contribution in [3.63, 3.8) is 0 Å². The Labute approximate surface area is 106 Å². The average molecular weight is 266 g/mol. The van der Waals surface area contributed by atoms with E-state index in [0.29, 0.717) is 18.4 Å². The molecule has 2 aliphatic heterocycles. The molecule has 0 bridgehead atoms. The third-order valence-electron chi connectivity index (χ3n) is 3.79. The van der Waals surface area contributed by atoms with Crippen molar-refractivity contribution in [3.8, 4) is 0 Å². The first kappa shape index (κ1) is 11.6. The second kappa shape index (κ2) is 4.05. The van der Waals surface area contributed by atoms with E-state index in [1.54, 1.807) is 12.4 Å². The summed E-state index contributed by atoms with van der Waals surface area (Å²) < 4.78 is 22.8. The van der Waals surface area contributed by atoms with E-state index >= 15 is 0 Å². The first-order valence-corrected chi connectivity index (χ1v) is 7.84. The Kier molecular flexibility index (Phi) is 2.62. The third kappa shape index (κ3) is 1.90. The summed E-state index contributed by atoms with van der Waals surface area (Å²) in [6.45, 7) is 0. The number of nitrogens with one attached hydrogen (secondary N) is 1. The van der Waals surface area contributed by atoms with Crippen LogP contribution >= 0.6 is 0 Å². The summed E-state index contributed by atoms with van der Waals surface area (Å²) in [4.78, 5) is 15.7. The van der Waals surface area contributed by atoms with Crippen molar-refractivity contribution in [3.05, 3.63) is 29.6 Å². The second-order valence-corrected chi connectivity index (χ2v) is 7.21. The zero-order valence-corrected chi connectivity index (χ0v) is 10.6. The Hall–Kier alpha value is -1.43. The molecule has 2 aliphatic rings. The van der Waals surface area contributed by atoms with Crippen LogP contribution < -0.4 is 5.32 Å². The molecule has 1 saturated heterocycles. The monoisotopic (exact) mass is 266 g/mol. The van der Waals surface area contributed by atoms with Gasteiger partial charge in [0.15, 0.2) is 0 Å². The molecule has 0 aliphatic carbocycles. The number of pyridine rings is 1. The van der Waals surface area contributed by atoms with Crippen LogP contribution in [0.1, 0.15) is 34.8 Å². The van der Waals surface area contributed by atoms with Gasteiger partial charge in [-0.15, -0.1) is 0 Å². The summed E-state index contributed by atoms with van der Waals surface area (Å²) in [5.41, 5.74) is 1.58. The lowest BCUT2D eigenvalue weighted by Crippen LogP contribution is -2.32. The number of amides is 1. The minimum absolute atomic E-state index is 0.0500. The minimum atomic E-state index is -2.86. The van der Waals surface area contributed by atoms with Crippen LogP contribution in [-0.4, -0.2) is 30.8 Å². The zero-order chi connectivity index (χ0) is 12.8. The zero-order valence-electron chi connectivity index (χ0n) is 9.80. The van der Waals surface area contributed by atoms with Gasteiger partial charge in [-0.05, 0) is 30.4 Å². The molecular formula is C12H14N2O3S. The highest BCUT2D eigenvalue weighted by Gasteiger charge is 2.37. The number of carbonyl (C=O) groups is 1. The standard InChI is InChI=1S/C12H14N2O3S/c15-12-10-7-13-4-1-9(10)11(14-12)8-2-5-18(16,17)6-3-8/h1,4,7-8,11H,2-3,5-6H2,(H,14,15). The van der Waals surface area contributed by atoms with Crippen LogP contribution in [0.2, 0.25) is 0 Å². The van der Waals surface area contributed by atoms with E-state index in [0.717, 1.165) is 5.56 Å². The molecule has 0 aromatic carbocycles. The summed E-state index contributed by atoms with van der Waals surface area (Å²) in [5, 5.41) is 2.94. The molecule has 1 fully saturated rings. The van der Waals surface area contributed by atoms with Crippen molar-refractivity contribution in [2.75, 3.05) is 11.5 Å². The lowest BCUT2D eigenvalue weighted by atomic mass is 9.89. The van der Waals surface area contributed by atoms with Gasteiger partial charge in [-0.25, -0.2) is 8.42 Å². The predicted octanol–water partition coefficient (Wildman–Crippen LogP) is 0.691. The Bertz CT molecular complexity index is 583. The number of sulfone groups is 1. The van der Waals surface area contributed by atoms with Crippen LogP contribution in [0.3, 0.4) is 0 Å². The van der Waals surface area contributed by atoms with Gasteiger partial charge < -0.3 is 5.32 Å². The normalized spacial score (nSPS) is 26.7. The van der Waals surface area contributed by atoms with Gasteiger partial charge in [-0.2, -0.15) is 0 Å². The molecule has 1 atom stereocenters. The second-order valence-electron chi connectivity index (χ2n) is 4.90. The maximum Gasteiger partial charge on any atom is 0.253 e. The summed E-state index contributed by atoms with van der Waals surface area (Å²) in [6, 6.07) is 1.80. The quantitative estimate of drug-likeness (QED) is 0.811. The first-order valence-electron chi connectivity index (χ1n) is 6.02. The Balaban J connectivity index is 1.86. The summed E-state index contributed by atoms with van der Waals surface area (Å²) in [6.07, 6.45) is 4.49. The van der Waals surface area contributed by atoms with Crippen molar-refractivity contribution in [2.45, 2.75) is 18.9 Å². The molecule has 1 amide bonds. The predicted molar refractivity (Wildman–Crippen MR) is 65.8 cm³/mol. The Morgan fingerprint density at radius 2 is 2.00 bits per heavy atom. The maximum absolute atomic E-state index is 11.8. The fourth-order valence-corrected chi connectivity index (χ4v) is 4.30. The largest absolute Gasteiger partial charge is 0.345 e. The van der Waals surface area contributed by atoms with E-state index in [2.05, 4.69) is 10.3 Å². The highest BCUT2D eigenvalue weighted by atomic mass is 32.2. The molecule has 96 valence electrons. The number of carbonyl (C=O) groups excluding carboxylic acids is 1. The fourth-order valence-electron chi connectivity index (χ4n) is 2.78. The number of fused-ring (bicyclic) bond motifs is 1. The van der Waals surface area contributed by atoms with Crippen LogP contribution in [0.25, 0.3) is 0 Å². The molecule has 1 aromatic rings. The average Bonchev–Trinajstić information content (AvgIpc) is 2.68. The first-order chi connectivity index (χ1) is 8.57. The fraction of sp³-hybridized carbons (Fsp3) is 0.500. The van der Waals surface area contributed by atoms with Crippen LogP contribution in [0.4, 0.5) is 0 Å². The molecule has 3 rings (SSSR count). The summed E-state index contributed by atoms with van der Waals surface area (Å²) >= 11 is 0. The molecule has 5 nitrogen and oxygen atoms in total. The number of aromatic nitrogens is 1. The molecule has 1 unspecified atom stereocenters. The third-order valence-corrected chi connectivity index (χ3v) is 5.51. The number of hydrogen-bond donors (Lipinski definition) is 1. The van der Waals surface area contributed by atoms with Gasteiger partial charge in [0.25, 0.3) is 5.91 Å². The van der Waals surface area contributed by atoms with Crippen LogP contribution in [0.5, 0.6) is 0 Å². The molecule has 3 heterocycles. The molecule has 0 saturated carbocycles. The highest BCUT2D eigenvalue weighted by molar-refractivity contribution is 7.91. The van der Waals surface area contributed by atoms with E-state index in [9.17, 15) is 13.2 Å². The van der Waals surface area contributed by atoms with Crippen molar-refractivity contribution in [1.29, 1.82) is 0 Å². The lowest BCUT2D eigenvalue weighted by Gasteiger charge is -2.27. The van der Waals surface area contributed by atoms with Gasteiger partial charge in [-0.3, -0.25) is 9.78 Å². The van der Waals surface area contributed by atoms with E-state index < -0.39 is 9.84 Å².